The molecule has 1 aliphatic rings. The summed E-state index contributed by atoms with van der Waals surface area (Å²) < 4.78 is 1.58. The number of halogens is 2. The van der Waals surface area contributed by atoms with Crippen molar-refractivity contribution in [2.75, 3.05) is 19.6 Å². The van der Waals surface area contributed by atoms with Crippen molar-refractivity contribution in [1.82, 2.24) is 20.2 Å². The van der Waals surface area contributed by atoms with E-state index in [1.807, 2.05) is 29.3 Å². The monoisotopic (exact) mass is 521 g/mol. The minimum atomic E-state index is -0.387. The van der Waals surface area contributed by atoms with Gasteiger partial charge in [-0.05, 0) is 43.2 Å². The molecule has 0 aliphatic carbocycles. The number of carbonyl (C=O) groups excluding carboxylic acids is 1. The van der Waals surface area contributed by atoms with Crippen LogP contribution in [0.4, 0.5) is 0 Å². The van der Waals surface area contributed by atoms with Crippen LogP contribution in [0.5, 0.6) is 0 Å². The standard InChI is InChI=1S/C27H25Cl2N5O2/c1-30-14-4-3-7-19-8-10-20(11-9-19)26-22(18-35)25(27(36)32-33-15-5-2-6-16-33)31-34(26)24-13-12-21(28)17-23(24)29/h8-13,17,35H,2,4-6,14-16,18H2,(H,32,36). The molecule has 0 atom stereocenters. The lowest BCUT2D eigenvalue weighted by Crippen LogP contribution is -2.45. The van der Waals surface area contributed by atoms with Crippen molar-refractivity contribution in [3.8, 4) is 28.8 Å². The SMILES string of the molecule is [C-]#[N+]CCC#Cc1ccc(-c2c(CO)c(C(=O)NN3CCCCC3)nn2-c2ccc(Cl)cc2Cl)cc1. The van der Waals surface area contributed by atoms with Crippen LogP contribution >= 0.6 is 23.2 Å². The number of aromatic nitrogens is 2. The number of aliphatic hydroxyl groups excluding tert-OH is 1. The van der Waals surface area contributed by atoms with E-state index >= 15 is 0 Å². The highest BCUT2D eigenvalue weighted by Gasteiger charge is 2.26. The molecule has 36 heavy (non-hydrogen) atoms. The van der Waals surface area contributed by atoms with E-state index < -0.39 is 0 Å². The van der Waals surface area contributed by atoms with Gasteiger partial charge >= 0.3 is 0 Å². The highest BCUT2D eigenvalue weighted by molar-refractivity contribution is 6.35. The van der Waals surface area contributed by atoms with Crippen LogP contribution in [0.25, 0.3) is 21.8 Å². The molecule has 0 saturated carbocycles. The fourth-order valence-electron chi connectivity index (χ4n) is 4.10. The Bertz CT molecular complexity index is 1340. The molecule has 1 fully saturated rings. The Morgan fingerprint density at radius 2 is 1.89 bits per heavy atom. The quantitative estimate of drug-likeness (QED) is 0.268. The second-order valence-electron chi connectivity index (χ2n) is 8.34. The molecule has 0 bridgehead atoms. The third-order valence-electron chi connectivity index (χ3n) is 5.85. The molecule has 2 heterocycles. The van der Waals surface area contributed by atoms with Crippen LogP contribution in [-0.2, 0) is 6.61 Å². The van der Waals surface area contributed by atoms with Gasteiger partial charge in [-0.2, -0.15) is 5.10 Å². The Hall–Kier alpha value is -3.33. The van der Waals surface area contributed by atoms with Crippen LogP contribution < -0.4 is 5.43 Å². The average Bonchev–Trinajstić information content (AvgIpc) is 3.27. The van der Waals surface area contributed by atoms with Gasteiger partial charge < -0.3 is 9.95 Å². The first-order chi connectivity index (χ1) is 17.5. The molecular weight excluding hydrogens is 497 g/mol. The third kappa shape index (κ3) is 5.90. The van der Waals surface area contributed by atoms with E-state index in [2.05, 4.69) is 27.2 Å². The first-order valence-corrected chi connectivity index (χ1v) is 12.4. The molecule has 3 aromatic rings. The fourth-order valence-corrected chi connectivity index (χ4v) is 4.59. The molecule has 1 aromatic heterocycles. The minimum Gasteiger partial charge on any atom is -0.392 e. The number of benzene rings is 2. The van der Waals surface area contributed by atoms with Crippen molar-refractivity contribution >= 4 is 29.1 Å². The zero-order chi connectivity index (χ0) is 25.5. The predicted molar refractivity (Wildman–Crippen MR) is 141 cm³/mol. The molecule has 1 amide bonds. The summed E-state index contributed by atoms with van der Waals surface area (Å²) in [5.74, 6) is 5.65. The van der Waals surface area contributed by atoms with Crippen molar-refractivity contribution in [2.45, 2.75) is 32.3 Å². The van der Waals surface area contributed by atoms with Crippen LogP contribution in [0.3, 0.4) is 0 Å². The lowest BCUT2D eigenvalue weighted by atomic mass is 10.0. The van der Waals surface area contributed by atoms with Crippen molar-refractivity contribution in [3.63, 3.8) is 0 Å². The van der Waals surface area contributed by atoms with Crippen LogP contribution in [0.1, 0.15) is 47.3 Å². The molecule has 0 radical (unpaired) electrons. The first-order valence-electron chi connectivity index (χ1n) is 11.7. The summed E-state index contributed by atoms with van der Waals surface area (Å²) in [6.45, 7) is 8.38. The van der Waals surface area contributed by atoms with E-state index in [0.717, 1.165) is 43.5 Å². The topological polar surface area (TPSA) is 74.8 Å². The number of nitrogens with zero attached hydrogens (tertiary/aromatic N) is 4. The molecule has 0 unspecified atom stereocenters. The average molecular weight is 522 g/mol. The molecule has 4 rings (SSSR count). The first kappa shape index (κ1) is 25.8. The number of aliphatic hydroxyl groups is 1. The highest BCUT2D eigenvalue weighted by atomic mass is 35.5. The van der Waals surface area contributed by atoms with Gasteiger partial charge in [0.25, 0.3) is 5.91 Å². The van der Waals surface area contributed by atoms with Gasteiger partial charge in [0.1, 0.15) is 0 Å². The molecule has 2 N–H and O–H groups in total. The van der Waals surface area contributed by atoms with E-state index in [0.29, 0.717) is 40.0 Å². The van der Waals surface area contributed by atoms with E-state index in [9.17, 15) is 9.90 Å². The summed E-state index contributed by atoms with van der Waals surface area (Å²) in [7, 11) is 0. The second-order valence-corrected chi connectivity index (χ2v) is 9.18. The molecule has 1 aliphatic heterocycles. The normalized spacial score (nSPS) is 13.5. The summed E-state index contributed by atoms with van der Waals surface area (Å²) in [5.41, 5.74) is 6.08. The highest BCUT2D eigenvalue weighted by Crippen LogP contribution is 2.33. The van der Waals surface area contributed by atoms with Gasteiger partial charge in [0.15, 0.2) is 5.69 Å². The molecule has 9 heteroatoms. The molecule has 1 saturated heterocycles. The van der Waals surface area contributed by atoms with Crippen LogP contribution in [0.15, 0.2) is 42.5 Å². The molecule has 7 nitrogen and oxygen atoms in total. The van der Waals surface area contributed by atoms with Crippen molar-refractivity contribution in [1.29, 1.82) is 0 Å². The number of hydrogen-bond donors (Lipinski definition) is 2. The number of carbonyl (C=O) groups is 1. The fraction of sp³-hybridized carbons (Fsp3) is 0.296. The molecule has 0 spiro atoms. The van der Waals surface area contributed by atoms with Gasteiger partial charge in [0, 0.05) is 34.8 Å². The summed E-state index contributed by atoms with van der Waals surface area (Å²) in [6.07, 6.45) is 3.68. The number of rotatable bonds is 6. The number of hydrogen-bond acceptors (Lipinski definition) is 4. The Balaban J connectivity index is 1.77. The largest absolute Gasteiger partial charge is 0.392 e. The van der Waals surface area contributed by atoms with E-state index in [4.69, 9.17) is 29.8 Å². The van der Waals surface area contributed by atoms with Crippen LogP contribution in [-0.4, -0.2) is 45.4 Å². The molecule has 2 aromatic carbocycles. The number of nitrogens with one attached hydrogen (secondary N) is 1. The van der Waals surface area contributed by atoms with Crippen molar-refractivity contribution in [3.05, 3.63) is 80.7 Å². The van der Waals surface area contributed by atoms with Gasteiger partial charge in [-0.3, -0.25) is 10.2 Å². The maximum absolute atomic E-state index is 13.3. The summed E-state index contributed by atoms with van der Waals surface area (Å²) in [6, 6.07) is 12.5. The summed E-state index contributed by atoms with van der Waals surface area (Å²) in [4.78, 5) is 16.6. The molecular formula is C27H25Cl2N5O2. The van der Waals surface area contributed by atoms with E-state index in [-0.39, 0.29) is 18.2 Å². The zero-order valence-electron chi connectivity index (χ0n) is 19.6. The second kappa shape index (κ2) is 12.1. The maximum atomic E-state index is 13.3. The smallest absolute Gasteiger partial charge is 0.286 e. The van der Waals surface area contributed by atoms with Gasteiger partial charge in [0.2, 0.25) is 6.54 Å². The zero-order valence-corrected chi connectivity index (χ0v) is 21.1. The minimum absolute atomic E-state index is 0.132. The number of piperidine rings is 1. The Kier molecular flexibility index (Phi) is 8.64. The Morgan fingerprint density at radius 3 is 2.56 bits per heavy atom. The van der Waals surface area contributed by atoms with E-state index in [1.165, 1.54) is 0 Å². The van der Waals surface area contributed by atoms with Crippen molar-refractivity contribution in [2.24, 2.45) is 0 Å². The maximum Gasteiger partial charge on any atom is 0.286 e. The summed E-state index contributed by atoms with van der Waals surface area (Å²) in [5, 5.41) is 17.7. The van der Waals surface area contributed by atoms with Gasteiger partial charge in [-0.15, -0.1) is 0 Å². The number of amides is 1. The van der Waals surface area contributed by atoms with Crippen LogP contribution in [0, 0.1) is 18.4 Å². The number of hydrazine groups is 1. The predicted octanol–water partition coefficient (Wildman–Crippen LogP) is 5.13. The van der Waals surface area contributed by atoms with Crippen LogP contribution in [0.2, 0.25) is 10.0 Å². The van der Waals surface area contributed by atoms with Gasteiger partial charge in [-0.25, -0.2) is 16.3 Å². The Morgan fingerprint density at radius 1 is 1.14 bits per heavy atom. The van der Waals surface area contributed by atoms with Gasteiger partial charge in [0.05, 0.1) is 29.4 Å². The van der Waals surface area contributed by atoms with E-state index in [1.54, 1.807) is 22.9 Å². The third-order valence-corrected chi connectivity index (χ3v) is 6.39. The van der Waals surface area contributed by atoms with Crippen molar-refractivity contribution < 1.29 is 9.90 Å². The lowest BCUT2D eigenvalue weighted by molar-refractivity contribution is 0.0741. The lowest BCUT2D eigenvalue weighted by Gasteiger charge is -2.26. The Labute approximate surface area is 220 Å². The summed E-state index contributed by atoms with van der Waals surface area (Å²) >= 11 is 12.6. The van der Waals surface area contributed by atoms with Gasteiger partial charge in [-0.1, -0.05) is 53.6 Å². The molecule has 184 valence electrons.